The van der Waals surface area contributed by atoms with Crippen LogP contribution in [0.15, 0.2) is 24.8 Å². The van der Waals surface area contributed by atoms with Crippen LogP contribution < -0.4 is 5.73 Å². The zero-order chi connectivity index (χ0) is 13.8. The van der Waals surface area contributed by atoms with E-state index < -0.39 is 17.6 Å². The third-order valence-corrected chi connectivity index (χ3v) is 3.74. The third kappa shape index (κ3) is 2.81. The second kappa shape index (κ2) is 5.85. The summed E-state index contributed by atoms with van der Waals surface area (Å²) < 4.78 is 5.22. The summed E-state index contributed by atoms with van der Waals surface area (Å²) in [5.74, 6) is -0.0836. The minimum absolute atomic E-state index is 0.0341. The molecule has 1 aliphatic rings. The lowest BCUT2D eigenvalue weighted by molar-refractivity contribution is -0.136. The molecular weight excluding hydrogens is 230 g/mol. The average molecular weight is 251 g/mol. The van der Waals surface area contributed by atoms with E-state index in [0.717, 1.165) is 6.42 Å². The number of allylic oxidation sites excluding steroid dienone is 2. The lowest BCUT2D eigenvalue weighted by atomic mass is 9.67. The maximum atomic E-state index is 12.1. The van der Waals surface area contributed by atoms with E-state index in [1.54, 1.807) is 13.0 Å². The van der Waals surface area contributed by atoms with Crippen molar-refractivity contribution < 1.29 is 14.3 Å². The summed E-state index contributed by atoms with van der Waals surface area (Å²) in [6, 6.07) is 0. The number of ketones is 1. The van der Waals surface area contributed by atoms with E-state index in [9.17, 15) is 9.59 Å². The van der Waals surface area contributed by atoms with E-state index in [1.165, 1.54) is 0 Å². The number of carbonyl (C=O) groups is 2. The summed E-state index contributed by atoms with van der Waals surface area (Å²) in [5, 5.41) is 0. The Kier molecular flexibility index (Phi) is 4.70. The normalized spacial score (nSPS) is 26.1. The van der Waals surface area contributed by atoms with Crippen molar-refractivity contribution in [1.29, 1.82) is 0 Å². The Morgan fingerprint density at radius 2 is 2.17 bits per heavy atom. The lowest BCUT2D eigenvalue weighted by Gasteiger charge is -2.41. The van der Waals surface area contributed by atoms with Gasteiger partial charge in [-0.15, -0.1) is 6.58 Å². The minimum atomic E-state index is -0.844. The standard InChI is InChI=1S/C14H21NO3/c1-4-10(2)12(18-13(15)17)14(11(3)16)8-6-5-7-9-14/h4-6,10,12H,1,7-9H2,2-3H3,(H2,15,17). The molecule has 1 aliphatic carbocycles. The van der Waals surface area contributed by atoms with E-state index in [1.807, 2.05) is 19.1 Å². The second-order valence-corrected chi connectivity index (χ2v) is 4.88. The molecule has 0 heterocycles. The molecule has 0 bridgehead atoms. The Morgan fingerprint density at radius 3 is 2.56 bits per heavy atom. The van der Waals surface area contributed by atoms with Crippen LogP contribution in [-0.4, -0.2) is 18.0 Å². The first-order valence-corrected chi connectivity index (χ1v) is 6.18. The summed E-state index contributed by atoms with van der Waals surface area (Å²) in [7, 11) is 0. The number of nitrogens with two attached hydrogens (primary N) is 1. The summed E-state index contributed by atoms with van der Waals surface area (Å²) >= 11 is 0. The van der Waals surface area contributed by atoms with Crippen LogP contribution in [0.1, 0.15) is 33.1 Å². The van der Waals surface area contributed by atoms with Crippen molar-refractivity contribution in [1.82, 2.24) is 0 Å². The monoisotopic (exact) mass is 251 g/mol. The highest BCUT2D eigenvalue weighted by molar-refractivity contribution is 5.84. The molecule has 1 rings (SSSR count). The van der Waals surface area contributed by atoms with Gasteiger partial charge in [0.25, 0.3) is 0 Å². The minimum Gasteiger partial charge on any atom is -0.445 e. The Morgan fingerprint density at radius 1 is 1.50 bits per heavy atom. The predicted octanol–water partition coefficient (Wildman–Crippen LogP) is 2.59. The lowest BCUT2D eigenvalue weighted by Crippen LogP contribution is -2.48. The SMILES string of the molecule is C=CC(C)C(OC(N)=O)C1(C(C)=O)CC=CCC1. The number of carbonyl (C=O) groups excluding carboxylic acids is 2. The Bertz CT molecular complexity index is 375. The van der Waals surface area contributed by atoms with Gasteiger partial charge in [-0.05, 0) is 26.2 Å². The number of hydrogen-bond donors (Lipinski definition) is 1. The molecule has 0 saturated carbocycles. The van der Waals surface area contributed by atoms with Crippen molar-refractivity contribution in [3.8, 4) is 0 Å². The number of amides is 1. The van der Waals surface area contributed by atoms with Crippen molar-refractivity contribution in [3.63, 3.8) is 0 Å². The van der Waals surface area contributed by atoms with Crippen LogP contribution in [0.3, 0.4) is 0 Å². The van der Waals surface area contributed by atoms with E-state index >= 15 is 0 Å². The first-order valence-electron chi connectivity index (χ1n) is 6.18. The molecule has 0 spiro atoms. The number of ether oxygens (including phenoxy) is 1. The number of primary amides is 1. The van der Waals surface area contributed by atoms with Gasteiger partial charge in [-0.2, -0.15) is 0 Å². The molecule has 0 aliphatic heterocycles. The Labute approximate surface area is 108 Å². The molecule has 3 atom stereocenters. The van der Waals surface area contributed by atoms with Gasteiger partial charge in [0.2, 0.25) is 0 Å². The van der Waals surface area contributed by atoms with Crippen LogP contribution in [0, 0.1) is 11.3 Å². The molecule has 3 unspecified atom stereocenters. The van der Waals surface area contributed by atoms with Gasteiger partial charge in [0.05, 0.1) is 5.41 Å². The molecule has 0 aromatic rings. The van der Waals surface area contributed by atoms with Crippen LogP contribution in [0.2, 0.25) is 0 Å². The Balaban J connectivity index is 3.12. The molecule has 4 heteroatoms. The molecule has 0 aromatic carbocycles. The van der Waals surface area contributed by atoms with Crippen LogP contribution in [0.25, 0.3) is 0 Å². The van der Waals surface area contributed by atoms with Gasteiger partial charge in [-0.3, -0.25) is 4.79 Å². The van der Waals surface area contributed by atoms with Gasteiger partial charge in [0.1, 0.15) is 11.9 Å². The van der Waals surface area contributed by atoms with Crippen LogP contribution in [-0.2, 0) is 9.53 Å². The molecule has 2 N–H and O–H groups in total. The van der Waals surface area contributed by atoms with Gasteiger partial charge < -0.3 is 10.5 Å². The van der Waals surface area contributed by atoms with Gasteiger partial charge >= 0.3 is 6.09 Å². The summed E-state index contributed by atoms with van der Waals surface area (Å²) in [4.78, 5) is 23.1. The maximum absolute atomic E-state index is 12.1. The van der Waals surface area contributed by atoms with Crippen LogP contribution in [0.5, 0.6) is 0 Å². The molecule has 0 fully saturated rings. The molecule has 100 valence electrons. The summed E-state index contributed by atoms with van der Waals surface area (Å²) in [5.41, 5.74) is 4.46. The van der Waals surface area contributed by atoms with Crippen molar-refractivity contribution >= 4 is 11.9 Å². The highest BCUT2D eigenvalue weighted by atomic mass is 16.6. The fourth-order valence-electron chi connectivity index (χ4n) is 2.61. The zero-order valence-electron chi connectivity index (χ0n) is 11.0. The topological polar surface area (TPSA) is 69.4 Å². The van der Waals surface area contributed by atoms with Gasteiger partial charge in [0.15, 0.2) is 0 Å². The summed E-state index contributed by atoms with van der Waals surface area (Å²) in [6.07, 6.45) is 6.38. The number of hydrogen-bond acceptors (Lipinski definition) is 3. The smallest absolute Gasteiger partial charge is 0.404 e. The molecule has 4 nitrogen and oxygen atoms in total. The van der Waals surface area contributed by atoms with Crippen molar-refractivity contribution in [3.05, 3.63) is 24.8 Å². The van der Waals surface area contributed by atoms with Crippen molar-refractivity contribution in [2.75, 3.05) is 0 Å². The average Bonchev–Trinajstić information content (AvgIpc) is 2.35. The Hall–Kier alpha value is -1.58. The molecule has 18 heavy (non-hydrogen) atoms. The van der Waals surface area contributed by atoms with E-state index in [4.69, 9.17) is 10.5 Å². The largest absolute Gasteiger partial charge is 0.445 e. The van der Waals surface area contributed by atoms with Crippen LogP contribution in [0.4, 0.5) is 4.79 Å². The van der Waals surface area contributed by atoms with Crippen molar-refractivity contribution in [2.45, 2.75) is 39.2 Å². The zero-order valence-corrected chi connectivity index (χ0v) is 11.0. The van der Waals surface area contributed by atoms with Gasteiger partial charge in [0, 0.05) is 5.92 Å². The highest BCUT2D eigenvalue weighted by Crippen LogP contribution is 2.42. The number of Topliss-reactive ketones (excluding diaryl/α,β-unsaturated/α-hetero) is 1. The van der Waals surface area contributed by atoms with Gasteiger partial charge in [-0.1, -0.05) is 25.2 Å². The first kappa shape index (κ1) is 14.5. The molecule has 0 radical (unpaired) electrons. The quantitative estimate of drug-likeness (QED) is 0.763. The molecule has 0 aromatic heterocycles. The van der Waals surface area contributed by atoms with E-state index in [0.29, 0.717) is 12.8 Å². The maximum Gasteiger partial charge on any atom is 0.404 e. The van der Waals surface area contributed by atoms with Gasteiger partial charge in [-0.25, -0.2) is 4.79 Å². The second-order valence-electron chi connectivity index (χ2n) is 4.88. The number of rotatable bonds is 5. The van der Waals surface area contributed by atoms with E-state index in [2.05, 4.69) is 6.58 Å². The fraction of sp³-hybridized carbons (Fsp3) is 0.571. The fourth-order valence-corrected chi connectivity index (χ4v) is 2.61. The van der Waals surface area contributed by atoms with E-state index in [-0.39, 0.29) is 11.7 Å². The predicted molar refractivity (Wildman–Crippen MR) is 69.9 cm³/mol. The summed E-state index contributed by atoms with van der Waals surface area (Å²) in [6.45, 7) is 7.14. The molecule has 0 saturated heterocycles. The highest BCUT2D eigenvalue weighted by Gasteiger charge is 2.46. The molecule has 1 amide bonds. The molecular formula is C14H21NO3. The first-order chi connectivity index (χ1) is 8.44. The van der Waals surface area contributed by atoms with Crippen molar-refractivity contribution in [2.24, 2.45) is 17.1 Å². The third-order valence-electron chi connectivity index (χ3n) is 3.74. The van der Waals surface area contributed by atoms with Crippen LogP contribution >= 0.6 is 0 Å².